The van der Waals surface area contributed by atoms with Gasteiger partial charge in [0.2, 0.25) is 0 Å². The third-order valence-electron chi connectivity index (χ3n) is 9.39. The Balaban J connectivity index is 1.64. The van der Waals surface area contributed by atoms with Gasteiger partial charge in [-0.15, -0.1) is 0 Å². The lowest BCUT2D eigenvalue weighted by atomic mass is 9.82. The molecule has 0 aromatic heterocycles. The van der Waals surface area contributed by atoms with Crippen molar-refractivity contribution in [3.8, 4) is 11.5 Å². The fourth-order valence-electron chi connectivity index (χ4n) is 6.90. The predicted octanol–water partition coefficient (Wildman–Crippen LogP) is 9.24. The number of carbonyl (C=O) groups is 2. The van der Waals surface area contributed by atoms with Crippen LogP contribution < -0.4 is 19.3 Å². The molecule has 10 heteroatoms. The molecule has 0 fully saturated rings. The zero-order valence-corrected chi connectivity index (χ0v) is 33.8. The van der Waals surface area contributed by atoms with Gasteiger partial charge in [0, 0.05) is 67.0 Å². The quantitative estimate of drug-likeness (QED) is 0.0768. The van der Waals surface area contributed by atoms with Crippen LogP contribution in [0.1, 0.15) is 46.8 Å². The number of unbranched alkanes of at least 4 members (excludes halogenated alkanes) is 1. The average Bonchev–Trinajstić information content (AvgIpc) is 3.09. The number of fused-ring (bicyclic) bond motifs is 3. The molecule has 1 aliphatic rings. The monoisotopic (exact) mass is 724 g/mol. The number of anilines is 2. The van der Waals surface area contributed by atoms with Gasteiger partial charge in [0.1, 0.15) is 11.3 Å². The number of nitrogens with zero attached hydrogens (tertiary/aromatic N) is 2. The molecule has 0 aliphatic carbocycles. The van der Waals surface area contributed by atoms with Gasteiger partial charge in [-0.2, -0.15) is 0 Å². The van der Waals surface area contributed by atoms with E-state index in [-0.39, 0.29) is 17.4 Å². The van der Waals surface area contributed by atoms with E-state index in [1.807, 2.05) is 64.6 Å². The van der Waals surface area contributed by atoms with Gasteiger partial charge in [0.15, 0.2) is 28.0 Å². The van der Waals surface area contributed by atoms with Gasteiger partial charge in [-0.05, 0) is 68.6 Å². The molecule has 0 unspecified atom stereocenters. The van der Waals surface area contributed by atoms with E-state index in [0.29, 0.717) is 22.1 Å². The summed E-state index contributed by atoms with van der Waals surface area (Å²) in [5, 5.41) is 1.30. The molecule has 0 spiro atoms. The summed E-state index contributed by atoms with van der Waals surface area (Å²) in [6.45, 7) is 10.7. The van der Waals surface area contributed by atoms with Gasteiger partial charge in [0.05, 0.1) is 13.2 Å². The van der Waals surface area contributed by atoms with Gasteiger partial charge in [-0.3, -0.25) is 4.79 Å². The minimum atomic E-state index is -2.44. The van der Waals surface area contributed by atoms with E-state index in [0.717, 1.165) is 41.4 Å². The molecule has 0 amide bonds. The Kier molecular flexibility index (Phi) is 11.2. The van der Waals surface area contributed by atoms with Gasteiger partial charge < -0.3 is 28.1 Å². The third kappa shape index (κ3) is 8.08. The Labute approximate surface area is 305 Å². The van der Waals surface area contributed by atoms with Crippen molar-refractivity contribution in [2.45, 2.75) is 63.6 Å². The highest BCUT2D eigenvalue weighted by Crippen LogP contribution is 2.50. The molecule has 0 atom stereocenters. The minimum absolute atomic E-state index is 0.147. The fourth-order valence-corrected chi connectivity index (χ4v) is 15.5. The first-order chi connectivity index (χ1) is 24.1. The third-order valence-corrected chi connectivity index (χ3v) is 16.5. The molecule has 270 valence electrons. The van der Waals surface area contributed by atoms with Gasteiger partial charge in [-0.25, -0.2) is 4.79 Å². The normalized spacial score (nSPS) is 13.7. The predicted molar refractivity (Wildman–Crippen MR) is 213 cm³/mol. The van der Waals surface area contributed by atoms with Crippen molar-refractivity contribution in [3.05, 3.63) is 101 Å². The Morgan fingerprint density at radius 2 is 1.33 bits per heavy atom. The van der Waals surface area contributed by atoms with Crippen LogP contribution in [0.3, 0.4) is 0 Å². The molecule has 8 nitrogen and oxygen atoms in total. The first-order valence-corrected chi connectivity index (χ1v) is 23.9. The molecule has 4 aromatic rings. The van der Waals surface area contributed by atoms with Crippen molar-refractivity contribution in [1.29, 1.82) is 0 Å². The lowest BCUT2D eigenvalue weighted by Crippen LogP contribution is -2.45. The lowest BCUT2D eigenvalue weighted by Gasteiger charge is -2.37. The summed E-state index contributed by atoms with van der Waals surface area (Å²) in [6.07, 6.45) is 6.09. The Bertz CT molecular complexity index is 1870. The average molecular weight is 725 g/mol. The van der Waals surface area contributed by atoms with E-state index in [1.165, 1.54) is 7.11 Å². The van der Waals surface area contributed by atoms with Crippen LogP contribution in [0, 0.1) is 0 Å². The Morgan fingerprint density at radius 3 is 1.84 bits per heavy atom. The summed E-state index contributed by atoms with van der Waals surface area (Å²) in [4.78, 5) is 31.6. The molecule has 0 radical (unpaired) electrons. The van der Waals surface area contributed by atoms with Crippen LogP contribution >= 0.6 is 0 Å². The van der Waals surface area contributed by atoms with Crippen LogP contribution in [0.2, 0.25) is 38.3 Å². The lowest BCUT2D eigenvalue weighted by molar-refractivity contribution is -0.132. The van der Waals surface area contributed by atoms with Crippen molar-refractivity contribution < 1.29 is 27.9 Å². The number of hydrogen-bond acceptors (Lipinski definition) is 8. The molecule has 1 aliphatic heterocycles. The van der Waals surface area contributed by atoms with Crippen molar-refractivity contribution >= 4 is 56.8 Å². The van der Waals surface area contributed by atoms with Crippen molar-refractivity contribution in [2.75, 3.05) is 45.1 Å². The zero-order chi connectivity index (χ0) is 37.1. The summed E-state index contributed by atoms with van der Waals surface area (Å²) < 4.78 is 25.4. The van der Waals surface area contributed by atoms with Crippen LogP contribution in [-0.2, 0) is 19.2 Å². The molecular weight excluding hydrogens is 673 g/mol. The number of esters is 2. The topological polar surface area (TPSA) is 77.5 Å². The van der Waals surface area contributed by atoms with Crippen molar-refractivity contribution in [2.24, 2.45) is 0 Å². The maximum absolute atomic E-state index is 13.8. The van der Waals surface area contributed by atoms with E-state index in [9.17, 15) is 9.59 Å². The Morgan fingerprint density at radius 1 is 0.784 bits per heavy atom. The van der Waals surface area contributed by atoms with Gasteiger partial charge in [-0.1, -0.05) is 68.3 Å². The molecule has 0 N–H and O–H groups in total. The number of rotatable bonds is 13. The maximum Gasteiger partial charge on any atom is 0.342 e. The van der Waals surface area contributed by atoms with Crippen molar-refractivity contribution in [1.82, 2.24) is 0 Å². The van der Waals surface area contributed by atoms with Crippen molar-refractivity contribution in [3.63, 3.8) is 0 Å². The number of ether oxygens (including phenoxy) is 3. The Hall–Kier alpha value is -4.39. The smallest absolute Gasteiger partial charge is 0.342 e. The summed E-state index contributed by atoms with van der Waals surface area (Å²) in [6, 6.07) is 25.3. The maximum atomic E-state index is 13.8. The second-order valence-corrected chi connectivity index (χ2v) is 23.6. The molecule has 51 heavy (non-hydrogen) atoms. The van der Waals surface area contributed by atoms with E-state index in [4.69, 9.17) is 18.3 Å². The minimum Gasteiger partial charge on any atom is -0.472 e. The summed E-state index contributed by atoms with van der Waals surface area (Å²) >= 11 is 0. The SMILES string of the molecule is CCCC[Si](C)(C)O[Si](C)(C)CC(=O)Oc1c(C(=O)OC)c2c(c3ccccc13)OC(c1ccc(N(C)C)cc1)(c1ccc(N(C)C)cc1)C=C2. The summed E-state index contributed by atoms with van der Waals surface area (Å²) in [7, 11) is 4.97. The fraction of sp³-hybridized carbons (Fsp3) is 0.366. The van der Waals surface area contributed by atoms with Gasteiger partial charge in [0.25, 0.3) is 0 Å². The highest BCUT2D eigenvalue weighted by molar-refractivity contribution is 6.86. The zero-order valence-electron chi connectivity index (χ0n) is 31.8. The van der Waals surface area contributed by atoms with Crippen LogP contribution in [0.4, 0.5) is 11.4 Å². The van der Waals surface area contributed by atoms with Crippen LogP contribution in [0.25, 0.3) is 16.8 Å². The van der Waals surface area contributed by atoms with E-state index in [2.05, 4.69) is 91.4 Å². The standard InChI is InChI=1S/C41H52N2O6Si2/c1-11-12-27-50(7,8)49-51(9,10)28-36(44)47-39-34-16-14-13-15-33(34)38-35(37(39)40(45)46-6)25-26-41(48-38,29-17-21-31(22-18-29)42(2)3)30-19-23-32(24-20-30)43(4)5/h13-26H,11-12,27-28H2,1-10H3. The number of hydrogen-bond donors (Lipinski definition) is 0. The molecule has 0 saturated carbocycles. The number of carbonyl (C=O) groups excluding carboxylic acids is 2. The number of methoxy groups -OCH3 is 1. The molecule has 4 aromatic carbocycles. The van der Waals surface area contributed by atoms with Crippen LogP contribution in [0.5, 0.6) is 11.5 Å². The molecular formula is C41H52N2O6Si2. The number of benzene rings is 4. The highest BCUT2D eigenvalue weighted by atomic mass is 28.4. The first kappa shape index (κ1) is 37.9. The molecule has 0 saturated heterocycles. The van der Waals surface area contributed by atoms with Gasteiger partial charge >= 0.3 is 11.9 Å². The first-order valence-electron chi connectivity index (χ1n) is 17.6. The second-order valence-electron chi connectivity index (χ2n) is 14.9. The highest BCUT2D eigenvalue weighted by Gasteiger charge is 2.41. The molecule has 1 heterocycles. The van der Waals surface area contributed by atoms with E-state index < -0.39 is 34.2 Å². The molecule has 5 rings (SSSR count). The van der Waals surface area contributed by atoms with E-state index in [1.54, 1.807) is 0 Å². The van der Waals surface area contributed by atoms with Crippen LogP contribution in [-0.4, -0.2) is 63.9 Å². The summed E-state index contributed by atoms with van der Waals surface area (Å²) in [5.41, 5.74) is 3.58. The van der Waals surface area contributed by atoms with Crippen LogP contribution in [0.15, 0.2) is 78.9 Å². The second kappa shape index (κ2) is 15.1. The molecule has 0 bridgehead atoms. The summed E-state index contributed by atoms with van der Waals surface area (Å²) in [5.74, 6) is -0.380. The van der Waals surface area contributed by atoms with E-state index >= 15 is 0 Å². The largest absolute Gasteiger partial charge is 0.472 e.